The Morgan fingerprint density at radius 1 is 1.47 bits per heavy atom. The van der Waals surface area contributed by atoms with Crippen LogP contribution in [0.25, 0.3) is 11.0 Å². The third kappa shape index (κ3) is 1.98. The summed E-state index contributed by atoms with van der Waals surface area (Å²) in [6.07, 6.45) is 1.97. The number of carbonyl (C=O) groups is 1. The first-order valence-corrected chi connectivity index (χ1v) is 5.36. The zero-order chi connectivity index (χ0) is 10.8. The molecule has 0 radical (unpaired) electrons. The molecule has 5 heteroatoms. The van der Waals surface area contributed by atoms with Gasteiger partial charge in [0.1, 0.15) is 10.8 Å². The van der Waals surface area contributed by atoms with Crippen LogP contribution in [-0.2, 0) is 0 Å². The van der Waals surface area contributed by atoms with Gasteiger partial charge in [-0.3, -0.25) is 4.79 Å². The number of aromatic nitrogens is 2. The molecule has 78 valence electrons. The molecule has 0 unspecified atom stereocenters. The molecule has 0 saturated heterocycles. The van der Waals surface area contributed by atoms with Crippen LogP contribution in [-0.4, -0.2) is 21.6 Å². The zero-order valence-electron chi connectivity index (χ0n) is 7.76. The van der Waals surface area contributed by atoms with Crippen molar-refractivity contribution >= 4 is 40.0 Å². The Bertz CT molecular complexity index is 507. The summed E-state index contributed by atoms with van der Waals surface area (Å²) in [5.74, 6) is 0.340. The molecule has 2 heterocycles. The maximum atomic E-state index is 11.6. The average Bonchev–Trinajstić information content (AvgIpc) is 2.60. The second-order valence-electron chi connectivity index (χ2n) is 3.09. The largest absolute Gasteiger partial charge is 0.345 e. The van der Waals surface area contributed by atoms with E-state index in [0.29, 0.717) is 28.7 Å². The number of pyridine rings is 1. The number of hydrogen-bond donors (Lipinski definition) is 1. The van der Waals surface area contributed by atoms with E-state index in [1.165, 1.54) is 0 Å². The SMILES string of the molecule is O=C(CCCl)c1c[nH]c2nc(Cl)ccc12. The summed E-state index contributed by atoms with van der Waals surface area (Å²) in [6, 6.07) is 3.44. The van der Waals surface area contributed by atoms with Crippen LogP contribution < -0.4 is 0 Å². The normalized spacial score (nSPS) is 10.8. The van der Waals surface area contributed by atoms with Gasteiger partial charge < -0.3 is 4.98 Å². The van der Waals surface area contributed by atoms with E-state index in [1.807, 2.05) is 0 Å². The molecule has 0 saturated carbocycles. The molecule has 0 aliphatic carbocycles. The fraction of sp³-hybridized carbons (Fsp3) is 0.200. The van der Waals surface area contributed by atoms with Gasteiger partial charge in [-0.2, -0.15) is 0 Å². The minimum absolute atomic E-state index is 0.0142. The Labute approximate surface area is 96.4 Å². The van der Waals surface area contributed by atoms with Gasteiger partial charge in [-0.25, -0.2) is 4.98 Å². The summed E-state index contributed by atoms with van der Waals surface area (Å²) in [7, 11) is 0. The van der Waals surface area contributed by atoms with Gasteiger partial charge in [0.25, 0.3) is 0 Å². The van der Waals surface area contributed by atoms with E-state index in [-0.39, 0.29) is 5.78 Å². The van der Waals surface area contributed by atoms with Crippen molar-refractivity contribution in [2.75, 3.05) is 5.88 Å². The molecule has 0 aliphatic rings. The average molecular weight is 243 g/mol. The number of nitrogens with one attached hydrogen (secondary N) is 1. The molecule has 0 aromatic carbocycles. The van der Waals surface area contributed by atoms with Crippen molar-refractivity contribution in [2.45, 2.75) is 6.42 Å². The quantitative estimate of drug-likeness (QED) is 0.511. The second-order valence-corrected chi connectivity index (χ2v) is 3.86. The Balaban J connectivity index is 2.49. The lowest BCUT2D eigenvalue weighted by molar-refractivity contribution is 0.0991. The van der Waals surface area contributed by atoms with Crippen LogP contribution in [0.2, 0.25) is 5.15 Å². The Kier molecular flexibility index (Phi) is 2.93. The lowest BCUT2D eigenvalue weighted by Crippen LogP contribution is -1.98. The maximum absolute atomic E-state index is 11.6. The molecule has 2 aromatic heterocycles. The number of halogens is 2. The number of aromatic amines is 1. The van der Waals surface area contributed by atoms with Gasteiger partial charge in [-0.1, -0.05) is 11.6 Å². The second kappa shape index (κ2) is 4.21. The van der Waals surface area contributed by atoms with E-state index in [2.05, 4.69) is 9.97 Å². The predicted molar refractivity (Wildman–Crippen MR) is 60.8 cm³/mol. The highest BCUT2D eigenvalue weighted by Crippen LogP contribution is 2.20. The molecule has 2 aromatic rings. The topological polar surface area (TPSA) is 45.8 Å². The van der Waals surface area contributed by atoms with Crippen molar-refractivity contribution in [3.05, 3.63) is 29.0 Å². The fourth-order valence-electron chi connectivity index (χ4n) is 1.43. The smallest absolute Gasteiger partial charge is 0.166 e. The lowest BCUT2D eigenvalue weighted by atomic mass is 10.1. The molecule has 0 amide bonds. The number of fused-ring (bicyclic) bond motifs is 1. The third-order valence-corrected chi connectivity index (χ3v) is 2.53. The predicted octanol–water partition coefficient (Wildman–Crippen LogP) is 3.03. The Hall–Kier alpha value is -1.06. The van der Waals surface area contributed by atoms with Crippen LogP contribution in [0.5, 0.6) is 0 Å². The van der Waals surface area contributed by atoms with Gasteiger partial charge >= 0.3 is 0 Å². The van der Waals surface area contributed by atoms with Crippen LogP contribution in [0.15, 0.2) is 18.3 Å². The summed E-state index contributed by atoms with van der Waals surface area (Å²) >= 11 is 11.3. The number of carbonyl (C=O) groups excluding carboxylic acids is 1. The molecular formula is C10H8Cl2N2O. The highest BCUT2D eigenvalue weighted by Gasteiger charge is 2.11. The van der Waals surface area contributed by atoms with Crippen molar-refractivity contribution in [3.8, 4) is 0 Å². The summed E-state index contributed by atoms with van der Waals surface area (Å²) in [5.41, 5.74) is 1.25. The van der Waals surface area contributed by atoms with Gasteiger partial charge in [-0.15, -0.1) is 11.6 Å². The van der Waals surface area contributed by atoms with Gasteiger partial charge in [0, 0.05) is 29.4 Å². The Morgan fingerprint density at radius 2 is 2.27 bits per heavy atom. The third-order valence-electron chi connectivity index (χ3n) is 2.13. The van der Waals surface area contributed by atoms with Crippen LogP contribution in [0, 0.1) is 0 Å². The van der Waals surface area contributed by atoms with Crippen molar-refractivity contribution < 1.29 is 4.79 Å². The number of nitrogens with zero attached hydrogens (tertiary/aromatic N) is 1. The summed E-state index contributed by atoms with van der Waals surface area (Å²) in [4.78, 5) is 18.6. The summed E-state index contributed by atoms with van der Waals surface area (Å²) in [5, 5.41) is 1.19. The summed E-state index contributed by atoms with van der Waals surface area (Å²) < 4.78 is 0. The number of H-pyrrole nitrogens is 1. The maximum Gasteiger partial charge on any atom is 0.166 e. The monoisotopic (exact) mass is 242 g/mol. The number of alkyl halides is 1. The number of rotatable bonds is 3. The van der Waals surface area contributed by atoms with Gasteiger partial charge in [-0.05, 0) is 12.1 Å². The molecule has 0 bridgehead atoms. The van der Waals surface area contributed by atoms with Gasteiger partial charge in [0.2, 0.25) is 0 Å². The minimum Gasteiger partial charge on any atom is -0.345 e. The van der Waals surface area contributed by atoms with Crippen molar-refractivity contribution in [2.24, 2.45) is 0 Å². The molecule has 0 atom stereocenters. The molecule has 0 spiro atoms. The van der Waals surface area contributed by atoms with Gasteiger partial charge in [0.05, 0.1) is 0 Å². The van der Waals surface area contributed by atoms with Crippen LogP contribution in [0.3, 0.4) is 0 Å². The molecule has 0 aliphatic heterocycles. The zero-order valence-corrected chi connectivity index (χ0v) is 9.27. The minimum atomic E-state index is 0.0142. The van der Waals surface area contributed by atoms with E-state index in [1.54, 1.807) is 18.3 Å². The fourth-order valence-corrected chi connectivity index (χ4v) is 1.75. The first-order chi connectivity index (χ1) is 7.22. The number of Topliss-reactive ketones (excluding diaryl/α,β-unsaturated/α-hetero) is 1. The number of ketones is 1. The molecule has 0 fully saturated rings. The van der Waals surface area contributed by atoms with E-state index < -0.39 is 0 Å². The van der Waals surface area contributed by atoms with Gasteiger partial charge in [0.15, 0.2) is 5.78 Å². The van der Waals surface area contributed by atoms with Crippen molar-refractivity contribution in [1.29, 1.82) is 0 Å². The molecule has 2 rings (SSSR count). The van der Waals surface area contributed by atoms with Crippen LogP contribution >= 0.6 is 23.2 Å². The highest BCUT2D eigenvalue weighted by atomic mass is 35.5. The highest BCUT2D eigenvalue weighted by molar-refractivity contribution is 6.29. The van der Waals surface area contributed by atoms with Crippen molar-refractivity contribution in [1.82, 2.24) is 9.97 Å². The molecule has 3 nitrogen and oxygen atoms in total. The number of hydrogen-bond acceptors (Lipinski definition) is 2. The van der Waals surface area contributed by atoms with Crippen LogP contribution in [0.4, 0.5) is 0 Å². The molecule has 1 N–H and O–H groups in total. The van der Waals surface area contributed by atoms with E-state index >= 15 is 0 Å². The first kappa shape index (κ1) is 10.5. The van der Waals surface area contributed by atoms with E-state index in [4.69, 9.17) is 23.2 Å². The first-order valence-electron chi connectivity index (χ1n) is 4.45. The lowest BCUT2D eigenvalue weighted by Gasteiger charge is -1.95. The Morgan fingerprint density at radius 3 is 3.00 bits per heavy atom. The van der Waals surface area contributed by atoms with E-state index in [9.17, 15) is 4.79 Å². The van der Waals surface area contributed by atoms with Crippen molar-refractivity contribution in [3.63, 3.8) is 0 Å². The molecule has 15 heavy (non-hydrogen) atoms. The van der Waals surface area contributed by atoms with E-state index in [0.717, 1.165) is 5.39 Å². The standard InChI is InChI=1S/C10H8Cl2N2O/c11-4-3-8(15)7-5-13-10-6(7)1-2-9(12)14-10/h1-2,5H,3-4H2,(H,13,14). The van der Waals surface area contributed by atoms with Crippen LogP contribution in [0.1, 0.15) is 16.8 Å². The molecular weight excluding hydrogens is 235 g/mol. The summed E-state index contributed by atoms with van der Waals surface area (Å²) in [6.45, 7) is 0.